The van der Waals surface area contributed by atoms with Crippen molar-refractivity contribution in [3.05, 3.63) is 0 Å². The maximum atomic E-state index is 12.7. The lowest BCUT2D eigenvalue weighted by atomic mass is 9.47. The van der Waals surface area contributed by atoms with Crippen molar-refractivity contribution in [3.63, 3.8) is 0 Å². The number of hydrogen-bond donors (Lipinski definition) is 2. The van der Waals surface area contributed by atoms with E-state index >= 15 is 0 Å². The van der Waals surface area contributed by atoms with Gasteiger partial charge in [-0.3, -0.25) is 4.79 Å². The molecule has 4 nitrogen and oxygen atoms in total. The van der Waals surface area contributed by atoms with E-state index in [-0.39, 0.29) is 23.7 Å². The molecule has 0 aromatic rings. The Bertz CT molecular complexity index is 676. The summed E-state index contributed by atoms with van der Waals surface area (Å²) < 4.78 is 5.84. The summed E-state index contributed by atoms with van der Waals surface area (Å²) in [6.07, 6.45) is 9.24. The molecule has 0 spiro atoms. The van der Waals surface area contributed by atoms with Crippen LogP contribution in [0.25, 0.3) is 0 Å². The van der Waals surface area contributed by atoms with Gasteiger partial charge in [0.25, 0.3) is 0 Å². The van der Waals surface area contributed by atoms with Gasteiger partial charge in [-0.2, -0.15) is 0 Å². The third kappa shape index (κ3) is 4.17. The standard InChI is InChI=1S/C28H48O4/c1-17(2)7-6-8-18(3)20-9-10-21-19-16-32-25(30)15-23-26(31)24(29)12-14-28(23,5)22(19)11-13-27(20,21)4/h17-24,26,29,31H,6-16H2,1-5H3/t18-,19+,20-,21+,22+,23+,24-,26+,27-,28-/m1/s1. The normalized spacial score (nSPS) is 47.6. The number of ether oxygens (including phenoxy) is 1. The minimum atomic E-state index is -0.814. The molecular formula is C28H48O4. The number of rotatable bonds is 5. The predicted octanol–water partition coefficient (Wildman–Crippen LogP) is 5.59. The van der Waals surface area contributed by atoms with Gasteiger partial charge in [0, 0.05) is 5.92 Å². The largest absolute Gasteiger partial charge is 0.465 e. The Morgan fingerprint density at radius 3 is 2.34 bits per heavy atom. The Balaban J connectivity index is 1.56. The highest BCUT2D eigenvalue weighted by Gasteiger charge is 2.61. The van der Waals surface area contributed by atoms with Gasteiger partial charge in [-0.15, -0.1) is 0 Å². The maximum Gasteiger partial charge on any atom is 0.306 e. The van der Waals surface area contributed by atoms with Crippen molar-refractivity contribution in [3.8, 4) is 0 Å². The van der Waals surface area contributed by atoms with Crippen LogP contribution in [0.5, 0.6) is 0 Å². The zero-order valence-electron chi connectivity index (χ0n) is 21.2. The minimum absolute atomic E-state index is 0.0922. The fraction of sp³-hybridized carbons (Fsp3) is 0.964. The first-order chi connectivity index (χ1) is 15.1. The Labute approximate surface area is 195 Å². The summed E-state index contributed by atoms with van der Waals surface area (Å²) in [6.45, 7) is 12.5. The number of aliphatic hydroxyl groups is 2. The molecule has 3 aliphatic carbocycles. The summed E-state index contributed by atoms with van der Waals surface area (Å²) in [4.78, 5) is 12.7. The van der Waals surface area contributed by atoms with Gasteiger partial charge in [0.1, 0.15) is 0 Å². The summed E-state index contributed by atoms with van der Waals surface area (Å²) in [6, 6.07) is 0. The molecule has 4 fully saturated rings. The molecule has 4 aliphatic rings. The number of esters is 1. The second-order valence-corrected chi connectivity index (χ2v) is 13.0. The maximum absolute atomic E-state index is 12.7. The van der Waals surface area contributed by atoms with Crippen LogP contribution in [0, 0.1) is 52.3 Å². The van der Waals surface area contributed by atoms with Crippen molar-refractivity contribution < 1.29 is 19.7 Å². The summed E-state index contributed by atoms with van der Waals surface area (Å²) >= 11 is 0. The third-order valence-corrected chi connectivity index (χ3v) is 10.9. The monoisotopic (exact) mass is 448 g/mol. The highest BCUT2D eigenvalue weighted by atomic mass is 16.5. The first-order valence-electron chi connectivity index (χ1n) is 13.6. The Morgan fingerprint density at radius 2 is 1.62 bits per heavy atom. The van der Waals surface area contributed by atoms with Crippen LogP contribution in [0.15, 0.2) is 0 Å². The molecule has 0 aromatic carbocycles. The van der Waals surface area contributed by atoms with E-state index in [2.05, 4.69) is 34.6 Å². The molecule has 0 unspecified atom stereocenters. The first kappa shape index (κ1) is 24.5. The fourth-order valence-electron chi connectivity index (χ4n) is 9.08. The lowest BCUT2D eigenvalue weighted by Crippen LogP contribution is -2.58. The molecule has 0 amide bonds. The van der Waals surface area contributed by atoms with E-state index in [0.29, 0.717) is 36.2 Å². The lowest BCUT2D eigenvalue weighted by Gasteiger charge is -2.59. The third-order valence-electron chi connectivity index (χ3n) is 10.9. The zero-order valence-corrected chi connectivity index (χ0v) is 21.2. The van der Waals surface area contributed by atoms with Gasteiger partial charge in [-0.1, -0.05) is 53.9 Å². The highest BCUT2D eigenvalue weighted by molar-refractivity contribution is 5.70. The van der Waals surface area contributed by atoms with Crippen molar-refractivity contribution in [2.75, 3.05) is 6.61 Å². The van der Waals surface area contributed by atoms with E-state index in [1.807, 2.05) is 0 Å². The first-order valence-corrected chi connectivity index (χ1v) is 13.6. The van der Waals surface area contributed by atoms with E-state index in [1.165, 1.54) is 44.9 Å². The quantitative estimate of drug-likeness (QED) is 0.538. The average molecular weight is 449 g/mol. The number of cyclic esters (lactones) is 1. The van der Waals surface area contributed by atoms with Gasteiger partial charge >= 0.3 is 5.97 Å². The molecule has 32 heavy (non-hydrogen) atoms. The molecule has 184 valence electrons. The summed E-state index contributed by atoms with van der Waals surface area (Å²) in [5.41, 5.74) is 0.244. The number of aliphatic hydroxyl groups excluding tert-OH is 2. The van der Waals surface area contributed by atoms with Crippen molar-refractivity contribution in [1.82, 2.24) is 0 Å². The Kier molecular flexibility index (Phi) is 7.05. The van der Waals surface area contributed by atoms with Crippen LogP contribution < -0.4 is 0 Å². The van der Waals surface area contributed by atoms with E-state index in [4.69, 9.17) is 4.74 Å². The van der Waals surface area contributed by atoms with Crippen LogP contribution in [-0.2, 0) is 9.53 Å². The molecule has 3 saturated carbocycles. The molecular weight excluding hydrogens is 400 g/mol. The van der Waals surface area contributed by atoms with Gasteiger partial charge in [0.15, 0.2) is 0 Å². The van der Waals surface area contributed by atoms with E-state index in [0.717, 1.165) is 24.2 Å². The van der Waals surface area contributed by atoms with E-state index < -0.39 is 12.2 Å². The molecule has 0 bridgehead atoms. The van der Waals surface area contributed by atoms with Crippen LogP contribution in [0.3, 0.4) is 0 Å². The van der Waals surface area contributed by atoms with Crippen molar-refractivity contribution in [2.45, 2.75) is 111 Å². The molecule has 0 aromatic heterocycles. The molecule has 0 radical (unpaired) electrons. The van der Waals surface area contributed by atoms with Crippen molar-refractivity contribution >= 4 is 5.97 Å². The smallest absolute Gasteiger partial charge is 0.306 e. The average Bonchev–Trinajstić information content (AvgIpc) is 3.08. The number of carbonyl (C=O) groups excluding carboxylic acids is 1. The SMILES string of the molecule is CC(C)CCC[C@@H](C)[C@H]1CC[C@H]2[C@@H]3COC(=O)C[C@H]4[C@H](O)[C@H](O)CC[C@]4(C)[C@H]3CC[C@]12C. The van der Waals surface area contributed by atoms with Crippen molar-refractivity contribution in [1.29, 1.82) is 0 Å². The van der Waals surface area contributed by atoms with E-state index in [1.54, 1.807) is 0 Å². The number of carbonyl (C=O) groups is 1. The predicted molar refractivity (Wildman–Crippen MR) is 127 cm³/mol. The zero-order chi connectivity index (χ0) is 23.3. The molecule has 4 rings (SSSR count). The van der Waals surface area contributed by atoms with Crippen LogP contribution in [0.4, 0.5) is 0 Å². The van der Waals surface area contributed by atoms with Gasteiger partial charge in [-0.05, 0) is 84.9 Å². The van der Waals surface area contributed by atoms with Crippen molar-refractivity contribution in [2.24, 2.45) is 52.3 Å². The molecule has 1 saturated heterocycles. The molecule has 10 atom stereocenters. The minimum Gasteiger partial charge on any atom is -0.465 e. The summed E-state index contributed by atoms with van der Waals surface area (Å²) in [5.74, 6) is 3.39. The number of fused-ring (bicyclic) bond motifs is 5. The Morgan fingerprint density at radius 1 is 0.938 bits per heavy atom. The van der Waals surface area contributed by atoms with Crippen LogP contribution in [-0.4, -0.2) is 35.0 Å². The van der Waals surface area contributed by atoms with Gasteiger partial charge in [-0.25, -0.2) is 0 Å². The second kappa shape index (κ2) is 9.21. The molecule has 4 heteroatoms. The molecule has 2 N–H and O–H groups in total. The van der Waals surface area contributed by atoms with Crippen LogP contribution >= 0.6 is 0 Å². The molecule has 1 aliphatic heterocycles. The Hall–Kier alpha value is -0.610. The van der Waals surface area contributed by atoms with Crippen LogP contribution in [0.1, 0.15) is 98.8 Å². The lowest BCUT2D eigenvalue weighted by molar-refractivity contribution is -0.187. The van der Waals surface area contributed by atoms with E-state index in [9.17, 15) is 15.0 Å². The fourth-order valence-corrected chi connectivity index (χ4v) is 9.08. The van der Waals surface area contributed by atoms with Gasteiger partial charge in [0.2, 0.25) is 0 Å². The van der Waals surface area contributed by atoms with Crippen LogP contribution in [0.2, 0.25) is 0 Å². The summed E-state index contributed by atoms with van der Waals surface area (Å²) in [7, 11) is 0. The summed E-state index contributed by atoms with van der Waals surface area (Å²) in [5, 5.41) is 21.2. The number of hydrogen-bond acceptors (Lipinski definition) is 4. The molecule has 1 heterocycles. The topological polar surface area (TPSA) is 66.8 Å². The second-order valence-electron chi connectivity index (χ2n) is 13.0. The van der Waals surface area contributed by atoms with Gasteiger partial charge in [0.05, 0.1) is 25.2 Å². The highest BCUT2D eigenvalue weighted by Crippen LogP contribution is 2.66. The van der Waals surface area contributed by atoms with Gasteiger partial charge < -0.3 is 14.9 Å².